The van der Waals surface area contributed by atoms with Crippen LogP contribution in [0.4, 0.5) is 13.2 Å². The summed E-state index contributed by atoms with van der Waals surface area (Å²) in [6, 6.07) is 6.50. The third kappa shape index (κ3) is 3.74. The zero-order valence-corrected chi connectivity index (χ0v) is 11.5. The van der Waals surface area contributed by atoms with Crippen LogP contribution in [-0.2, 0) is 22.3 Å². The molecule has 0 N–H and O–H groups in total. The molecule has 0 saturated heterocycles. The lowest BCUT2D eigenvalue weighted by Crippen LogP contribution is -2.15. The van der Waals surface area contributed by atoms with Gasteiger partial charge < -0.3 is 9.30 Å². The number of carbonyl (C=O) groups is 1. The summed E-state index contributed by atoms with van der Waals surface area (Å²) >= 11 is 0. The predicted molar refractivity (Wildman–Crippen MR) is 70.6 cm³/mol. The van der Waals surface area contributed by atoms with Crippen molar-refractivity contribution in [3.05, 3.63) is 30.1 Å². The number of benzene rings is 1. The summed E-state index contributed by atoms with van der Waals surface area (Å²) in [4.78, 5) is 14.3. The van der Waals surface area contributed by atoms with Crippen molar-refractivity contribution in [2.75, 3.05) is 6.61 Å². The van der Waals surface area contributed by atoms with E-state index in [0.717, 1.165) is 0 Å². The first-order valence-electron chi connectivity index (χ1n) is 6.55. The Labute approximate surface area is 119 Å². The highest BCUT2D eigenvalue weighted by Crippen LogP contribution is 2.31. The number of unbranched alkanes of at least 4 members (excludes halogenated alkanes) is 1. The molecule has 2 rings (SSSR count). The van der Waals surface area contributed by atoms with Gasteiger partial charge in [0.05, 0.1) is 17.6 Å². The average Bonchev–Trinajstić information content (AvgIpc) is 2.77. The minimum atomic E-state index is -4.49. The number of aryl methyl sites for hydroxylation is 1. The Balaban J connectivity index is 2.15. The Bertz CT molecular complexity index is 635. The highest BCUT2D eigenvalue weighted by atomic mass is 19.4. The quantitative estimate of drug-likeness (QED) is 0.628. The van der Waals surface area contributed by atoms with Gasteiger partial charge in [0, 0.05) is 13.5 Å². The second kappa shape index (κ2) is 6.15. The second-order valence-electron chi connectivity index (χ2n) is 4.62. The lowest BCUT2D eigenvalue weighted by molar-refractivity contribution is -0.147. The second-order valence-corrected chi connectivity index (χ2v) is 4.62. The number of hydrogen-bond donors (Lipinski definition) is 0. The SMILES string of the molecule is CC(=O)OCCCCn1c(C(F)(F)F)nc2ccccc21. The summed E-state index contributed by atoms with van der Waals surface area (Å²) in [7, 11) is 0. The molecule has 1 aromatic heterocycles. The van der Waals surface area contributed by atoms with Gasteiger partial charge in [0.2, 0.25) is 5.82 Å². The number of fused-ring (bicyclic) bond motifs is 1. The van der Waals surface area contributed by atoms with Crippen LogP contribution in [0, 0.1) is 0 Å². The Morgan fingerprint density at radius 1 is 1.29 bits per heavy atom. The number of esters is 1. The van der Waals surface area contributed by atoms with E-state index in [-0.39, 0.29) is 19.1 Å². The van der Waals surface area contributed by atoms with Gasteiger partial charge >= 0.3 is 12.1 Å². The number of alkyl halides is 3. The number of carbonyl (C=O) groups excluding carboxylic acids is 1. The van der Waals surface area contributed by atoms with Gasteiger partial charge in [-0.25, -0.2) is 4.98 Å². The number of imidazole rings is 1. The van der Waals surface area contributed by atoms with E-state index >= 15 is 0 Å². The summed E-state index contributed by atoms with van der Waals surface area (Å²) in [5.41, 5.74) is 0.780. The molecule has 0 bridgehead atoms. The van der Waals surface area contributed by atoms with Crippen molar-refractivity contribution >= 4 is 17.0 Å². The maximum atomic E-state index is 13.0. The molecule has 7 heteroatoms. The minimum absolute atomic E-state index is 0.177. The summed E-state index contributed by atoms with van der Waals surface area (Å²) in [5, 5.41) is 0. The molecule has 1 heterocycles. The third-order valence-corrected chi connectivity index (χ3v) is 2.99. The Hall–Kier alpha value is -2.05. The maximum absolute atomic E-state index is 13.0. The van der Waals surface area contributed by atoms with E-state index in [2.05, 4.69) is 4.98 Å². The van der Waals surface area contributed by atoms with E-state index in [1.807, 2.05) is 0 Å². The van der Waals surface area contributed by atoms with Crippen LogP contribution >= 0.6 is 0 Å². The molecule has 0 unspecified atom stereocenters. The van der Waals surface area contributed by atoms with Crippen LogP contribution in [0.25, 0.3) is 11.0 Å². The first-order valence-corrected chi connectivity index (χ1v) is 6.55. The number of rotatable bonds is 5. The number of ether oxygens (including phenoxy) is 1. The molecule has 21 heavy (non-hydrogen) atoms. The molecule has 4 nitrogen and oxygen atoms in total. The fourth-order valence-electron chi connectivity index (χ4n) is 2.11. The van der Waals surface area contributed by atoms with Crippen molar-refractivity contribution in [2.45, 2.75) is 32.5 Å². The Morgan fingerprint density at radius 3 is 2.67 bits per heavy atom. The summed E-state index contributed by atoms with van der Waals surface area (Å²) < 4.78 is 45.0. The Kier molecular flexibility index (Phi) is 4.50. The van der Waals surface area contributed by atoms with Crippen LogP contribution in [-0.4, -0.2) is 22.1 Å². The zero-order chi connectivity index (χ0) is 15.5. The molecule has 0 aliphatic rings. The van der Waals surface area contributed by atoms with Gasteiger partial charge in [0.1, 0.15) is 0 Å². The summed E-state index contributed by atoms with van der Waals surface area (Å²) in [6.07, 6.45) is -3.52. The molecule has 0 fully saturated rings. The van der Waals surface area contributed by atoms with E-state index in [0.29, 0.717) is 23.9 Å². The van der Waals surface area contributed by atoms with Crippen LogP contribution in [0.2, 0.25) is 0 Å². The maximum Gasteiger partial charge on any atom is 0.449 e. The van der Waals surface area contributed by atoms with Gasteiger partial charge in [-0.3, -0.25) is 4.79 Å². The van der Waals surface area contributed by atoms with Crippen molar-refractivity contribution in [1.82, 2.24) is 9.55 Å². The molecule has 0 spiro atoms. The third-order valence-electron chi connectivity index (χ3n) is 2.99. The highest BCUT2D eigenvalue weighted by molar-refractivity contribution is 5.76. The Morgan fingerprint density at radius 2 is 2.00 bits per heavy atom. The molecule has 1 aromatic carbocycles. The van der Waals surface area contributed by atoms with E-state index in [1.165, 1.54) is 11.5 Å². The first kappa shape index (κ1) is 15.3. The largest absolute Gasteiger partial charge is 0.466 e. The van der Waals surface area contributed by atoms with Crippen molar-refractivity contribution < 1.29 is 22.7 Å². The molecule has 0 atom stereocenters. The van der Waals surface area contributed by atoms with Crippen LogP contribution in [0.5, 0.6) is 0 Å². The average molecular weight is 300 g/mol. The molecule has 0 aliphatic carbocycles. The standard InChI is InChI=1S/C14H15F3N2O2/c1-10(20)21-9-5-4-8-19-12-7-3-2-6-11(12)18-13(19)14(15,16)17/h2-3,6-7H,4-5,8-9H2,1H3. The van der Waals surface area contributed by atoms with Crippen LogP contribution in [0.15, 0.2) is 24.3 Å². The van der Waals surface area contributed by atoms with Crippen molar-refractivity contribution in [3.8, 4) is 0 Å². The fourth-order valence-corrected chi connectivity index (χ4v) is 2.11. The monoisotopic (exact) mass is 300 g/mol. The summed E-state index contributed by atoms with van der Waals surface area (Å²) in [5.74, 6) is -1.28. The van der Waals surface area contributed by atoms with Gasteiger partial charge in [-0.15, -0.1) is 0 Å². The number of halogens is 3. The molecule has 2 aromatic rings. The fraction of sp³-hybridized carbons (Fsp3) is 0.429. The smallest absolute Gasteiger partial charge is 0.449 e. The molecular weight excluding hydrogens is 285 g/mol. The first-order chi connectivity index (χ1) is 9.89. The van der Waals surface area contributed by atoms with Crippen LogP contribution in [0.1, 0.15) is 25.6 Å². The topological polar surface area (TPSA) is 44.1 Å². The van der Waals surface area contributed by atoms with Gasteiger partial charge in [0.25, 0.3) is 0 Å². The highest BCUT2D eigenvalue weighted by Gasteiger charge is 2.37. The van der Waals surface area contributed by atoms with Crippen molar-refractivity contribution in [3.63, 3.8) is 0 Å². The normalized spacial score (nSPS) is 11.8. The molecule has 114 valence electrons. The van der Waals surface area contributed by atoms with Gasteiger partial charge in [-0.05, 0) is 25.0 Å². The number of aromatic nitrogens is 2. The lowest BCUT2D eigenvalue weighted by Gasteiger charge is -2.11. The molecule has 0 saturated carbocycles. The molecule has 0 amide bonds. The van der Waals surface area contributed by atoms with E-state index in [4.69, 9.17) is 4.74 Å². The predicted octanol–water partition coefficient (Wildman–Crippen LogP) is 3.40. The van der Waals surface area contributed by atoms with E-state index in [1.54, 1.807) is 24.3 Å². The molecule has 0 aliphatic heterocycles. The zero-order valence-electron chi connectivity index (χ0n) is 11.5. The number of para-hydroxylation sites is 2. The van der Waals surface area contributed by atoms with E-state index in [9.17, 15) is 18.0 Å². The summed E-state index contributed by atoms with van der Waals surface area (Å²) in [6.45, 7) is 1.69. The number of nitrogens with zero attached hydrogens (tertiary/aromatic N) is 2. The van der Waals surface area contributed by atoms with Gasteiger partial charge in [-0.1, -0.05) is 12.1 Å². The molecular formula is C14H15F3N2O2. The van der Waals surface area contributed by atoms with Crippen LogP contribution in [0.3, 0.4) is 0 Å². The van der Waals surface area contributed by atoms with Gasteiger partial charge in [0.15, 0.2) is 0 Å². The van der Waals surface area contributed by atoms with E-state index < -0.39 is 12.0 Å². The van der Waals surface area contributed by atoms with Gasteiger partial charge in [-0.2, -0.15) is 13.2 Å². The lowest BCUT2D eigenvalue weighted by atomic mass is 10.3. The minimum Gasteiger partial charge on any atom is -0.466 e. The molecule has 0 radical (unpaired) electrons. The van der Waals surface area contributed by atoms with Crippen molar-refractivity contribution in [2.24, 2.45) is 0 Å². The van der Waals surface area contributed by atoms with Crippen molar-refractivity contribution in [1.29, 1.82) is 0 Å². The number of hydrogen-bond acceptors (Lipinski definition) is 3. The van der Waals surface area contributed by atoms with Crippen LogP contribution < -0.4 is 0 Å².